The fourth-order valence-electron chi connectivity index (χ4n) is 2.67. The maximum atomic E-state index is 11.7. The van der Waals surface area contributed by atoms with Crippen LogP contribution in [0.1, 0.15) is 35.0 Å². The minimum atomic E-state index is -0.574. The lowest BCUT2D eigenvalue weighted by molar-refractivity contribution is -0.116. The van der Waals surface area contributed by atoms with Crippen LogP contribution in [0.15, 0.2) is 24.3 Å². The van der Waals surface area contributed by atoms with Gasteiger partial charge in [-0.15, -0.1) is 5.10 Å². The Labute approximate surface area is 121 Å². The Morgan fingerprint density at radius 1 is 1.33 bits per heavy atom. The number of benzene rings is 1. The van der Waals surface area contributed by atoms with Crippen molar-refractivity contribution in [3.05, 3.63) is 41.1 Å². The van der Waals surface area contributed by atoms with Crippen molar-refractivity contribution in [2.24, 2.45) is 5.73 Å². The average molecular weight is 284 g/mol. The van der Waals surface area contributed by atoms with Gasteiger partial charge in [0.05, 0.1) is 5.69 Å². The van der Waals surface area contributed by atoms with Gasteiger partial charge in [-0.2, -0.15) is 4.79 Å². The van der Waals surface area contributed by atoms with Crippen LogP contribution in [0.4, 0.5) is 0 Å². The Morgan fingerprint density at radius 2 is 2.10 bits per heavy atom. The summed E-state index contributed by atoms with van der Waals surface area (Å²) in [6, 6.07) is 7.91. The van der Waals surface area contributed by atoms with Gasteiger partial charge in [0, 0.05) is 17.5 Å². The topological polar surface area (TPSA) is 90.0 Å². The summed E-state index contributed by atoms with van der Waals surface area (Å²) in [5, 5.41) is 4.19. The lowest BCUT2D eigenvalue weighted by Crippen LogP contribution is -2.25. The zero-order valence-electron chi connectivity index (χ0n) is 11.7. The second-order valence-corrected chi connectivity index (χ2v) is 5.00. The number of amides is 2. The number of carbonyl (C=O) groups excluding carboxylic acids is 2. The highest BCUT2D eigenvalue weighted by molar-refractivity contribution is 5.95. The van der Waals surface area contributed by atoms with Crippen LogP contribution in [0.2, 0.25) is 0 Å². The molecule has 6 nitrogen and oxygen atoms in total. The minimum Gasteiger partial charge on any atom is -0.364 e. The predicted molar refractivity (Wildman–Crippen MR) is 78.2 cm³/mol. The molecule has 0 fully saturated rings. The maximum Gasteiger partial charge on any atom is 0.269 e. The lowest BCUT2D eigenvalue weighted by Gasteiger charge is -2.18. The molecule has 1 heterocycles. The molecule has 6 heteroatoms. The van der Waals surface area contributed by atoms with Gasteiger partial charge in [0.25, 0.3) is 5.91 Å². The molecule has 2 aromatic rings. The van der Waals surface area contributed by atoms with E-state index in [0.29, 0.717) is 12.8 Å². The number of rotatable bonds is 3. The third-order valence-corrected chi connectivity index (χ3v) is 3.69. The zero-order valence-corrected chi connectivity index (χ0v) is 11.7. The van der Waals surface area contributed by atoms with Gasteiger partial charge in [0.15, 0.2) is 5.69 Å². The van der Waals surface area contributed by atoms with Crippen LogP contribution in [-0.4, -0.2) is 21.7 Å². The first-order chi connectivity index (χ1) is 10.1. The molecule has 1 aromatic carbocycles. The van der Waals surface area contributed by atoms with Crippen molar-refractivity contribution >= 4 is 11.8 Å². The molecule has 1 aromatic heterocycles. The number of primary amides is 1. The SMILES string of the molecule is CCC(=O)Nn1nc(C(N)=O)c2c1-c1ccccc1CC2. The van der Waals surface area contributed by atoms with E-state index < -0.39 is 5.91 Å². The van der Waals surface area contributed by atoms with Gasteiger partial charge in [-0.1, -0.05) is 31.2 Å². The van der Waals surface area contributed by atoms with Gasteiger partial charge < -0.3 is 5.73 Å². The first-order valence-corrected chi connectivity index (χ1v) is 6.91. The number of nitrogens with one attached hydrogen (secondary N) is 1. The molecule has 0 saturated heterocycles. The fraction of sp³-hybridized carbons (Fsp3) is 0.267. The van der Waals surface area contributed by atoms with E-state index in [4.69, 9.17) is 5.73 Å². The van der Waals surface area contributed by atoms with Crippen molar-refractivity contribution in [3.8, 4) is 11.3 Å². The third kappa shape index (κ3) is 2.18. The summed E-state index contributed by atoms with van der Waals surface area (Å²) in [7, 11) is 0. The number of aromatic nitrogens is 2. The molecular formula is C15H16N4O2. The molecule has 21 heavy (non-hydrogen) atoms. The van der Waals surface area contributed by atoms with Gasteiger partial charge in [-0.25, -0.2) is 5.43 Å². The quantitative estimate of drug-likeness (QED) is 0.888. The highest BCUT2D eigenvalue weighted by atomic mass is 16.2. The number of aryl methyl sites for hydroxylation is 1. The largest absolute Gasteiger partial charge is 0.364 e. The van der Waals surface area contributed by atoms with E-state index >= 15 is 0 Å². The van der Waals surface area contributed by atoms with Crippen molar-refractivity contribution in [1.29, 1.82) is 0 Å². The minimum absolute atomic E-state index is 0.167. The molecule has 3 rings (SSSR count). The fourth-order valence-corrected chi connectivity index (χ4v) is 2.67. The first-order valence-electron chi connectivity index (χ1n) is 6.91. The Balaban J connectivity index is 2.19. The van der Waals surface area contributed by atoms with Crippen LogP contribution in [-0.2, 0) is 17.6 Å². The van der Waals surface area contributed by atoms with E-state index in [1.807, 2.05) is 24.3 Å². The van der Waals surface area contributed by atoms with E-state index in [1.165, 1.54) is 10.4 Å². The van der Waals surface area contributed by atoms with Crippen molar-refractivity contribution in [3.63, 3.8) is 0 Å². The summed E-state index contributed by atoms with van der Waals surface area (Å²) < 4.78 is 0. The van der Waals surface area contributed by atoms with Crippen molar-refractivity contribution in [2.45, 2.75) is 26.2 Å². The molecule has 0 aliphatic heterocycles. The van der Waals surface area contributed by atoms with E-state index in [1.54, 1.807) is 6.92 Å². The maximum absolute atomic E-state index is 11.7. The van der Waals surface area contributed by atoms with E-state index in [-0.39, 0.29) is 11.6 Å². The number of nitrogens with two attached hydrogens (primary N) is 1. The second kappa shape index (κ2) is 5.05. The summed E-state index contributed by atoms with van der Waals surface area (Å²) in [6.07, 6.45) is 1.85. The molecule has 1 aliphatic carbocycles. The van der Waals surface area contributed by atoms with Crippen molar-refractivity contribution < 1.29 is 9.59 Å². The van der Waals surface area contributed by atoms with Gasteiger partial charge in [-0.3, -0.25) is 9.59 Å². The molecule has 0 radical (unpaired) electrons. The second-order valence-electron chi connectivity index (χ2n) is 5.00. The molecule has 2 amide bonds. The number of fused-ring (bicyclic) bond motifs is 3. The molecule has 0 bridgehead atoms. The summed E-state index contributed by atoms with van der Waals surface area (Å²) in [5.74, 6) is -0.741. The summed E-state index contributed by atoms with van der Waals surface area (Å²) in [5.41, 5.74) is 12.0. The highest BCUT2D eigenvalue weighted by Crippen LogP contribution is 2.34. The zero-order chi connectivity index (χ0) is 15.0. The molecule has 108 valence electrons. The van der Waals surface area contributed by atoms with Crippen LogP contribution in [0.25, 0.3) is 11.3 Å². The number of hydrogen-bond acceptors (Lipinski definition) is 3. The summed E-state index contributed by atoms with van der Waals surface area (Å²) in [6.45, 7) is 1.76. The van der Waals surface area contributed by atoms with Gasteiger partial charge in [0.1, 0.15) is 0 Å². The number of carbonyl (C=O) groups is 2. The Hall–Kier alpha value is -2.63. The number of nitrogens with zero attached hydrogens (tertiary/aromatic N) is 2. The molecule has 0 saturated carbocycles. The molecule has 3 N–H and O–H groups in total. The van der Waals surface area contributed by atoms with E-state index in [0.717, 1.165) is 23.2 Å². The number of hydrogen-bond donors (Lipinski definition) is 2. The molecule has 0 unspecified atom stereocenters. The highest BCUT2D eigenvalue weighted by Gasteiger charge is 2.27. The van der Waals surface area contributed by atoms with E-state index in [2.05, 4.69) is 10.5 Å². The monoisotopic (exact) mass is 284 g/mol. The molecule has 0 spiro atoms. The average Bonchev–Trinajstić information content (AvgIpc) is 2.86. The Kier molecular flexibility index (Phi) is 3.21. The summed E-state index contributed by atoms with van der Waals surface area (Å²) >= 11 is 0. The Morgan fingerprint density at radius 3 is 2.81 bits per heavy atom. The smallest absolute Gasteiger partial charge is 0.269 e. The normalized spacial score (nSPS) is 12.4. The van der Waals surface area contributed by atoms with Gasteiger partial charge >= 0.3 is 0 Å². The van der Waals surface area contributed by atoms with Gasteiger partial charge in [0.2, 0.25) is 5.91 Å². The van der Waals surface area contributed by atoms with E-state index in [9.17, 15) is 9.59 Å². The molecule has 1 aliphatic rings. The molecular weight excluding hydrogens is 268 g/mol. The van der Waals surface area contributed by atoms with Crippen LogP contribution in [0.3, 0.4) is 0 Å². The van der Waals surface area contributed by atoms with Crippen LogP contribution < -0.4 is 11.2 Å². The predicted octanol–water partition coefficient (Wildman–Crippen LogP) is 1.23. The summed E-state index contributed by atoms with van der Waals surface area (Å²) in [4.78, 5) is 24.6. The van der Waals surface area contributed by atoms with Crippen LogP contribution in [0.5, 0.6) is 0 Å². The van der Waals surface area contributed by atoms with Crippen molar-refractivity contribution in [1.82, 2.24) is 9.89 Å². The van der Waals surface area contributed by atoms with Crippen LogP contribution in [0, 0.1) is 0 Å². The Bertz CT molecular complexity index is 733. The lowest BCUT2D eigenvalue weighted by atomic mass is 9.89. The van der Waals surface area contributed by atoms with Gasteiger partial charge in [-0.05, 0) is 18.4 Å². The van der Waals surface area contributed by atoms with Crippen molar-refractivity contribution in [2.75, 3.05) is 5.43 Å². The molecule has 0 atom stereocenters. The van der Waals surface area contributed by atoms with Crippen LogP contribution >= 0.6 is 0 Å². The standard InChI is InChI=1S/C15H16N4O2/c1-2-12(20)17-19-14-10-6-4-3-5-9(10)7-8-11(14)13(18-19)15(16)21/h3-6H,2,7-8H2,1H3,(H2,16,21)(H,17,20). The third-order valence-electron chi connectivity index (χ3n) is 3.69. The first kappa shape index (κ1) is 13.4.